The quantitative estimate of drug-likeness (QED) is 0.474. The number of benzene rings is 1. The molecule has 0 N–H and O–H groups in total. The van der Waals surface area contributed by atoms with Crippen LogP contribution in [0.5, 0.6) is 0 Å². The molecule has 0 spiro atoms. The minimum absolute atomic E-state index is 0.0240. The van der Waals surface area contributed by atoms with Gasteiger partial charge in [0.2, 0.25) is 0 Å². The molecule has 21 heavy (non-hydrogen) atoms. The fourth-order valence-electron chi connectivity index (χ4n) is 2.33. The largest absolute Gasteiger partial charge is 0.457 e. The summed E-state index contributed by atoms with van der Waals surface area (Å²) in [5.74, 6) is -0.858. The van der Waals surface area contributed by atoms with Crippen molar-refractivity contribution in [3.63, 3.8) is 0 Å². The van der Waals surface area contributed by atoms with Crippen LogP contribution in [0.15, 0.2) is 42.0 Å². The zero-order valence-electron chi connectivity index (χ0n) is 12.0. The average molecular weight is 286 g/mol. The van der Waals surface area contributed by atoms with Crippen molar-refractivity contribution in [1.82, 2.24) is 0 Å². The van der Waals surface area contributed by atoms with E-state index in [4.69, 9.17) is 4.74 Å². The molecule has 110 valence electrons. The van der Waals surface area contributed by atoms with Crippen LogP contribution in [0.25, 0.3) is 0 Å². The van der Waals surface area contributed by atoms with Crippen molar-refractivity contribution in [2.45, 2.75) is 38.7 Å². The van der Waals surface area contributed by atoms with E-state index in [0.29, 0.717) is 17.6 Å². The Kier molecular flexibility index (Phi) is 5.04. The molecule has 0 bridgehead atoms. The van der Waals surface area contributed by atoms with Gasteiger partial charge >= 0.3 is 5.97 Å². The van der Waals surface area contributed by atoms with Crippen molar-refractivity contribution < 1.29 is 19.1 Å². The van der Waals surface area contributed by atoms with E-state index in [2.05, 4.69) is 0 Å². The molecule has 2 rings (SSSR count). The van der Waals surface area contributed by atoms with E-state index in [-0.39, 0.29) is 18.0 Å². The Hall–Kier alpha value is -2.23. The minimum Gasteiger partial charge on any atom is -0.457 e. The van der Waals surface area contributed by atoms with Crippen molar-refractivity contribution in [3.8, 4) is 0 Å². The molecule has 1 atom stereocenters. The summed E-state index contributed by atoms with van der Waals surface area (Å²) in [5, 5.41) is 0. The molecule has 0 fully saturated rings. The third-order valence-corrected chi connectivity index (χ3v) is 3.44. The van der Waals surface area contributed by atoms with Crippen LogP contribution in [0.2, 0.25) is 0 Å². The van der Waals surface area contributed by atoms with Crippen LogP contribution in [0.4, 0.5) is 0 Å². The van der Waals surface area contributed by atoms with Crippen molar-refractivity contribution >= 4 is 17.5 Å². The van der Waals surface area contributed by atoms with E-state index in [1.54, 1.807) is 37.3 Å². The van der Waals surface area contributed by atoms with Crippen LogP contribution in [0.3, 0.4) is 0 Å². The van der Waals surface area contributed by atoms with Crippen LogP contribution in [0, 0.1) is 0 Å². The van der Waals surface area contributed by atoms with E-state index in [9.17, 15) is 14.4 Å². The smallest absolute Gasteiger partial charge is 0.314 e. The summed E-state index contributed by atoms with van der Waals surface area (Å²) < 4.78 is 5.20. The van der Waals surface area contributed by atoms with Crippen LogP contribution < -0.4 is 0 Å². The van der Waals surface area contributed by atoms with Gasteiger partial charge in [0.05, 0.1) is 0 Å². The zero-order chi connectivity index (χ0) is 15.2. The molecular formula is C17H18O4. The topological polar surface area (TPSA) is 60.4 Å². The monoisotopic (exact) mass is 286 g/mol. The molecule has 0 saturated carbocycles. The summed E-state index contributed by atoms with van der Waals surface area (Å²) in [4.78, 5) is 35.4. The summed E-state index contributed by atoms with van der Waals surface area (Å²) in [6.07, 6.45) is 3.09. The maximum absolute atomic E-state index is 11.9. The molecule has 1 aromatic carbocycles. The van der Waals surface area contributed by atoms with E-state index < -0.39 is 12.1 Å². The van der Waals surface area contributed by atoms with Crippen molar-refractivity contribution in [2.75, 3.05) is 0 Å². The highest BCUT2D eigenvalue weighted by molar-refractivity contribution is 6.06. The Bertz CT molecular complexity index is 572. The molecule has 4 nitrogen and oxygen atoms in total. The molecular weight excluding hydrogens is 268 g/mol. The first kappa shape index (κ1) is 15.2. The maximum atomic E-state index is 11.9. The van der Waals surface area contributed by atoms with Gasteiger partial charge in [-0.05, 0) is 19.8 Å². The number of esters is 1. The van der Waals surface area contributed by atoms with E-state index >= 15 is 0 Å². The van der Waals surface area contributed by atoms with Crippen molar-refractivity contribution in [3.05, 3.63) is 47.5 Å². The van der Waals surface area contributed by atoms with Gasteiger partial charge in [0.1, 0.15) is 12.5 Å². The van der Waals surface area contributed by atoms with Gasteiger partial charge in [0, 0.05) is 17.6 Å². The van der Waals surface area contributed by atoms with Crippen LogP contribution >= 0.6 is 0 Å². The number of hydrogen-bond donors (Lipinski definition) is 0. The second-order valence-electron chi connectivity index (χ2n) is 5.07. The molecule has 1 aliphatic rings. The standard InChI is InChI=1S/C17H18O4/c1-12(14-9-5-6-10-15(14)18)21-17(20)11-16(19)13-7-3-2-4-8-13/h2-4,7-9,12H,5-6,10-11H2,1H3. The first-order chi connectivity index (χ1) is 10.1. The molecule has 1 unspecified atom stereocenters. The lowest BCUT2D eigenvalue weighted by atomic mass is 9.95. The van der Waals surface area contributed by atoms with Crippen LogP contribution in [0.1, 0.15) is 43.0 Å². The molecule has 0 aromatic heterocycles. The first-order valence-electron chi connectivity index (χ1n) is 7.09. The molecule has 0 radical (unpaired) electrons. The van der Waals surface area contributed by atoms with Gasteiger partial charge in [-0.3, -0.25) is 14.4 Å². The van der Waals surface area contributed by atoms with E-state index in [0.717, 1.165) is 12.8 Å². The summed E-state index contributed by atoms with van der Waals surface area (Å²) in [7, 11) is 0. The molecule has 0 heterocycles. The molecule has 1 aliphatic carbocycles. The molecule has 0 aliphatic heterocycles. The van der Waals surface area contributed by atoms with Gasteiger partial charge in [-0.25, -0.2) is 0 Å². The SMILES string of the molecule is CC(OC(=O)CC(=O)c1ccccc1)C1=CCCCC1=O. The predicted molar refractivity (Wildman–Crippen MR) is 77.9 cm³/mol. The van der Waals surface area contributed by atoms with Crippen LogP contribution in [-0.2, 0) is 14.3 Å². The number of allylic oxidation sites excluding steroid dienone is 1. The highest BCUT2D eigenvalue weighted by Gasteiger charge is 2.23. The Balaban J connectivity index is 1.91. The van der Waals surface area contributed by atoms with Gasteiger partial charge in [0.15, 0.2) is 11.6 Å². The fourth-order valence-corrected chi connectivity index (χ4v) is 2.33. The summed E-state index contributed by atoms with van der Waals surface area (Å²) in [6.45, 7) is 1.67. The number of rotatable bonds is 5. The second kappa shape index (κ2) is 6.97. The third-order valence-electron chi connectivity index (χ3n) is 3.44. The van der Waals surface area contributed by atoms with Gasteiger partial charge in [0.25, 0.3) is 0 Å². The fraction of sp³-hybridized carbons (Fsp3) is 0.353. The molecule has 1 aromatic rings. The van der Waals surface area contributed by atoms with Crippen molar-refractivity contribution in [2.24, 2.45) is 0 Å². The lowest BCUT2D eigenvalue weighted by Gasteiger charge is -2.18. The molecule has 0 saturated heterocycles. The summed E-state index contributed by atoms with van der Waals surface area (Å²) in [5.41, 5.74) is 1.02. The Morgan fingerprint density at radius 3 is 2.62 bits per heavy atom. The highest BCUT2D eigenvalue weighted by atomic mass is 16.5. The lowest BCUT2D eigenvalue weighted by molar-refractivity contribution is -0.145. The number of ketones is 2. The number of hydrogen-bond acceptors (Lipinski definition) is 4. The Morgan fingerprint density at radius 1 is 1.24 bits per heavy atom. The Morgan fingerprint density at radius 2 is 1.95 bits per heavy atom. The normalized spacial score (nSPS) is 16.0. The molecule has 4 heteroatoms. The van der Waals surface area contributed by atoms with E-state index in [1.165, 1.54) is 0 Å². The third kappa shape index (κ3) is 4.12. The molecule has 0 amide bonds. The average Bonchev–Trinajstić information content (AvgIpc) is 2.48. The number of carbonyl (C=O) groups is 3. The lowest BCUT2D eigenvalue weighted by Crippen LogP contribution is -2.24. The second-order valence-corrected chi connectivity index (χ2v) is 5.07. The van der Waals surface area contributed by atoms with Crippen molar-refractivity contribution in [1.29, 1.82) is 0 Å². The summed E-state index contributed by atoms with van der Waals surface area (Å²) >= 11 is 0. The number of carbonyl (C=O) groups excluding carboxylic acids is 3. The Labute approximate surface area is 123 Å². The van der Waals surface area contributed by atoms with E-state index in [1.807, 2.05) is 6.08 Å². The zero-order valence-corrected chi connectivity index (χ0v) is 12.0. The van der Waals surface area contributed by atoms with Gasteiger partial charge in [-0.1, -0.05) is 36.4 Å². The predicted octanol–water partition coefficient (Wildman–Crippen LogP) is 2.87. The van der Waals surface area contributed by atoms with Gasteiger partial charge < -0.3 is 4.74 Å². The van der Waals surface area contributed by atoms with Crippen LogP contribution in [-0.4, -0.2) is 23.6 Å². The van der Waals surface area contributed by atoms with Gasteiger partial charge in [-0.15, -0.1) is 0 Å². The minimum atomic E-state index is -0.601. The van der Waals surface area contributed by atoms with Gasteiger partial charge in [-0.2, -0.15) is 0 Å². The highest BCUT2D eigenvalue weighted by Crippen LogP contribution is 2.19. The number of ether oxygens (including phenoxy) is 1. The first-order valence-corrected chi connectivity index (χ1v) is 7.09. The maximum Gasteiger partial charge on any atom is 0.314 e. The number of Topliss-reactive ketones (excluding diaryl/α,β-unsaturated/α-hetero) is 2. The summed E-state index contributed by atoms with van der Waals surface area (Å²) in [6, 6.07) is 8.61.